The Hall–Kier alpha value is -3.04. The summed E-state index contributed by atoms with van der Waals surface area (Å²) in [6.45, 7) is 5.49. The molecule has 180 valence electrons. The summed E-state index contributed by atoms with van der Waals surface area (Å²) in [7, 11) is 0.00407. The van der Waals surface area contributed by atoms with E-state index in [-0.39, 0.29) is 37.9 Å². The fraction of sp³-hybridized carbons (Fsp3) is 0.240. The van der Waals surface area contributed by atoms with Gasteiger partial charge in [-0.1, -0.05) is 29.8 Å². The van der Waals surface area contributed by atoms with E-state index in [1.54, 1.807) is 31.2 Å². The van der Waals surface area contributed by atoms with Gasteiger partial charge in [0.1, 0.15) is 0 Å². The summed E-state index contributed by atoms with van der Waals surface area (Å²) in [4.78, 5) is 14.0. The van der Waals surface area contributed by atoms with Gasteiger partial charge in [-0.05, 0) is 72.1 Å². The molecular formula is C25H26BrNO6S. The molecule has 0 aliphatic rings. The lowest BCUT2D eigenvalue weighted by Crippen LogP contribution is -2.38. The molecule has 0 radical (unpaired) electrons. The van der Waals surface area contributed by atoms with Crippen LogP contribution < -0.4 is 18.5 Å². The molecule has 0 fully saturated rings. The van der Waals surface area contributed by atoms with Crippen molar-refractivity contribution in [2.45, 2.75) is 25.7 Å². The van der Waals surface area contributed by atoms with Gasteiger partial charge in [-0.15, -0.1) is 0 Å². The van der Waals surface area contributed by atoms with Gasteiger partial charge >= 0.3 is 0 Å². The fourth-order valence-electron chi connectivity index (χ4n) is 3.51. The van der Waals surface area contributed by atoms with E-state index in [0.717, 1.165) is 15.4 Å². The van der Waals surface area contributed by atoms with Gasteiger partial charge in [0, 0.05) is 0 Å². The zero-order valence-electron chi connectivity index (χ0n) is 19.8. The van der Waals surface area contributed by atoms with Gasteiger partial charge in [-0.2, -0.15) is 4.31 Å². The highest BCUT2D eigenvalue weighted by Crippen LogP contribution is 2.45. The fourth-order valence-corrected chi connectivity index (χ4v) is 5.60. The molecule has 3 aromatic carbocycles. The Kier molecular flexibility index (Phi) is 7.57. The maximum atomic E-state index is 14.0. The van der Waals surface area contributed by atoms with E-state index in [0.29, 0.717) is 5.56 Å². The zero-order valence-corrected chi connectivity index (χ0v) is 22.2. The van der Waals surface area contributed by atoms with Gasteiger partial charge in [0.05, 0.1) is 41.9 Å². The minimum atomic E-state index is -4.28. The molecule has 0 spiro atoms. The van der Waals surface area contributed by atoms with Gasteiger partial charge in [-0.3, -0.25) is 4.79 Å². The van der Waals surface area contributed by atoms with Crippen molar-refractivity contribution in [3.8, 4) is 17.2 Å². The van der Waals surface area contributed by atoms with E-state index in [2.05, 4.69) is 15.9 Å². The van der Waals surface area contributed by atoms with Crippen LogP contribution in [-0.4, -0.2) is 35.7 Å². The van der Waals surface area contributed by atoms with Crippen molar-refractivity contribution < 1.29 is 27.4 Å². The number of nitrogens with zero attached hydrogens (tertiary/aromatic N) is 1. The third-order valence-electron chi connectivity index (χ3n) is 5.54. The standard InChI is InChI=1S/C25H26BrNO6S/c1-15-10-12-18(13-11-15)34(29,30)27(20-9-7-8-16(2)17(20)3)25(28)19-14-21(31-4)23(32-5)24(33-6)22(19)26/h7-14H,1-6H3. The molecule has 0 aliphatic carbocycles. The van der Waals surface area contributed by atoms with Crippen LogP contribution in [0.3, 0.4) is 0 Å². The highest BCUT2D eigenvalue weighted by Gasteiger charge is 2.35. The highest BCUT2D eigenvalue weighted by molar-refractivity contribution is 9.10. The quantitative estimate of drug-likeness (QED) is 0.392. The van der Waals surface area contributed by atoms with Crippen molar-refractivity contribution in [2.24, 2.45) is 0 Å². The molecule has 0 bridgehead atoms. The Morgan fingerprint density at radius 3 is 2.06 bits per heavy atom. The number of halogens is 1. The van der Waals surface area contributed by atoms with E-state index in [4.69, 9.17) is 14.2 Å². The molecule has 3 aromatic rings. The molecule has 3 rings (SSSR count). The molecule has 0 saturated carbocycles. The number of aryl methyl sites for hydroxylation is 2. The van der Waals surface area contributed by atoms with Crippen molar-refractivity contribution in [1.82, 2.24) is 0 Å². The number of hydrogen-bond acceptors (Lipinski definition) is 6. The molecular weight excluding hydrogens is 522 g/mol. The summed E-state index contributed by atoms with van der Waals surface area (Å²) in [6.07, 6.45) is 0. The number of methoxy groups -OCH3 is 3. The van der Waals surface area contributed by atoms with Crippen molar-refractivity contribution in [3.05, 3.63) is 75.3 Å². The van der Waals surface area contributed by atoms with Crippen LogP contribution in [0.1, 0.15) is 27.0 Å². The molecule has 1 amide bonds. The van der Waals surface area contributed by atoms with Crippen LogP contribution in [-0.2, 0) is 10.0 Å². The van der Waals surface area contributed by atoms with Gasteiger partial charge in [-0.25, -0.2) is 8.42 Å². The summed E-state index contributed by atoms with van der Waals surface area (Å²) >= 11 is 3.40. The normalized spacial score (nSPS) is 11.1. The largest absolute Gasteiger partial charge is 0.493 e. The van der Waals surface area contributed by atoms with Crippen LogP contribution in [0.5, 0.6) is 17.2 Å². The number of carbonyl (C=O) groups excluding carboxylic acids is 1. The maximum Gasteiger partial charge on any atom is 0.273 e. The molecule has 0 aromatic heterocycles. The lowest BCUT2D eigenvalue weighted by atomic mass is 10.1. The Bertz CT molecular complexity index is 1340. The molecule has 0 saturated heterocycles. The van der Waals surface area contributed by atoms with Crippen LogP contribution in [0.15, 0.2) is 57.9 Å². The Labute approximate surface area is 208 Å². The average Bonchev–Trinajstić information content (AvgIpc) is 2.81. The molecule has 7 nitrogen and oxygen atoms in total. The second-order valence-electron chi connectivity index (χ2n) is 7.61. The first-order valence-electron chi connectivity index (χ1n) is 10.3. The van der Waals surface area contributed by atoms with Crippen LogP contribution in [0.2, 0.25) is 0 Å². The van der Waals surface area contributed by atoms with Gasteiger partial charge in [0.25, 0.3) is 15.9 Å². The first kappa shape index (κ1) is 25.6. The summed E-state index contributed by atoms with van der Waals surface area (Å²) < 4.78 is 45.0. The minimum Gasteiger partial charge on any atom is -0.493 e. The molecule has 9 heteroatoms. The van der Waals surface area contributed by atoms with Crippen LogP contribution >= 0.6 is 15.9 Å². The smallest absolute Gasteiger partial charge is 0.273 e. The summed E-state index contributed by atoms with van der Waals surface area (Å²) in [5.74, 6) is -0.0769. The number of sulfonamides is 1. The predicted octanol–water partition coefficient (Wildman–Crippen LogP) is 5.44. The SMILES string of the molecule is COc1cc(C(=O)N(c2cccc(C)c2C)S(=O)(=O)c2ccc(C)cc2)c(Br)c(OC)c1OC. The van der Waals surface area contributed by atoms with Crippen molar-refractivity contribution >= 4 is 37.5 Å². The Morgan fingerprint density at radius 1 is 0.882 bits per heavy atom. The number of carbonyl (C=O) groups is 1. The second-order valence-corrected chi connectivity index (χ2v) is 10.2. The van der Waals surface area contributed by atoms with Crippen molar-refractivity contribution in [2.75, 3.05) is 25.6 Å². The van der Waals surface area contributed by atoms with Gasteiger partial charge in [0.2, 0.25) is 5.75 Å². The molecule has 0 atom stereocenters. The van der Waals surface area contributed by atoms with Crippen LogP contribution in [0.25, 0.3) is 0 Å². The zero-order chi connectivity index (χ0) is 25.2. The third-order valence-corrected chi connectivity index (χ3v) is 8.04. The maximum absolute atomic E-state index is 14.0. The lowest BCUT2D eigenvalue weighted by Gasteiger charge is -2.26. The summed E-state index contributed by atoms with van der Waals surface area (Å²) in [5.41, 5.74) is 2.70. The number of hydrogen-bond donors (Lipinski definition) is 0. The first-order chi connectivity index (χ1) is 16.1. The van der Waals surface area contributed by atoms with Gasteiger partial charge < -0.3 is 14.2 Å². The van der Waals surface area contributed by atoms with Crippen LogP contribution in [0, 0.1) is 20.8 Å². The second kappa shape index (κ2) is 10.1. The van der Waals surface area contributed by atoms with E-state index in [9.17, 15) is 13.2 Å². The van der Waals surface area contributed by atoms with Crippen molar-refractivity contribution in [1.29, 1.82) is 0 Å². The minimum absolute atomic E-state index is 0.00378. The first-order valence-corrected chi connectivity index (χ1v) is 12.5. The van der Waals surface area contributed by atoms with Crippen molar-refractivity contribution in [3.63, 3.8) is 0 Å². The topological polar surface area (TPSA) is 82.1 Å². The summed E-state index contributed by atoms with van der Waals surface area (Å²) in [5, 5.41) is 0. The molecule has 0 N–H and O–H groups in total. The Morgan fingerprint density at radius 2 is 1.50 bits per heavy atom. The summed E-state index contributed by atoms with van der Waals surface area (Å²) in [6, 6.07) is 13.0. The predicted molar refractivity (Wildman–Crippen MR) is 135 cm³/mol. The van der Waals surface area contributed by atoms with E-state index >= 15 is 0 Å². The highest BCUT2D eigenvalue weighted by atomic mass is 79.9. The van der Waals surface area contributed by atoms with E-state index in [1.807, 2.05) is 19.9 Å². The van der Waals surface area contributed by atoms with Crippen LogP contribution in [0.4, 0.5) is 5.69 Å². The number of anilines is 1. The molecule has 0 aliphatic heterocycles. The Balaban J connectivity index is 2.33. The van der Waals surface area contributed by atoms with E-state index in [1.165, 1.54) is 39.5 Å². The molecule has 0 unspecified atom stereocenters. The molecule has 34 heavy (non-hydrogen) atoms. The number of ether oxygens (including phenoxy) is 3. The lowest BCUT2D eigenvalue weighted by molar-refractivity contribution is 0.100. The average molecular weight is 548 g/mol. The monoisotopic (exact) mass is 547 g/mol. The number of benzene rings is 3. The van der Waals surface area contributed by atoms with E-state index < -0.39 is 15.9 Å². The third kappa shape index (κ3) is 4.50. The number of rotatable bonds is 7. The number of amides is 1. The molecule has 0 heterocycles. The van der Waals surface area contributed by atoms with Gasteiger partial charge in [0.15, 0.2) is 11.5 Å².